The van der Waals surface area contributed by atoms with E-state index >= 15 is 0 Å². The number of fused-ring (bicyclic) bond motifs is 5. The summed E-state index contributed by atoms with van der Waals surface area (Å²) in [5.74, 6) is 0.682. The van der Waals surface area contributed by atoms with Crippen molar-refractivity contribution in [1.29, 1.82) is 0 Å². The van der Waals surface area contributed by atoms with Crippen molar-refractivity contribution in [1.82, 2.24) is 10.6 Å². The first kappa shape index (κ1) is 23.4. The van der Waals surface area contributed by atoms with Gasteiger partial charge in [-0.2, -0.15) is 13.2 Å². The molecule has 0 unspecified atom stereocenters. The minimum atomic E-state index is -4.55. The van der Waals surface area contributed by atoms with Crippen molar-refractivity contribution in [3.8, 4) is 0 Å². The summed E-state index contributed by atoms with van der Waals surface area (Å²) < 4.78 is 39.6. The normalized spacial score (nSPS) is 41.2. The fourth-order valence-corrected chi connectivity index (χ4v) is 7.59. The SMILES string of the molecule is C=C(C(F)(F)F)C(C)(C)NC(=O)[C@H]1CC[C@H]2[C@@H]3CC[C@H]4NC(=O)C=C[C@]4(C)[C@H]3CC[C@]12C. The van der Waals surface area contributed by atoms with Crippen LogP contribution in [0.4, 0.5) is 13.2 Å². The van der Waals surface area contributed by atoms with E-state index in [2.05, 4.69) is 37.1 Å². The fraction of sp³-hybridized carbons (Fsp3) is 0.760. The van der Waals surface area contributed by atoms with Crippen LogP contribution in [0.25, 0.3) is 0 Å². The zero-order valence-electron chi connectivity index (χ0n) is 19.4. The average molecular weight is 453 g/mol. The van der Waals surface area contributed by atoms with Gasteiger partial charge in [0.25, 0.3) is 0 Å². The average Bonchev–Trinajstić information content (AvgIpc) is 3.04. The van der Waals surface area contributed by atoms with Crippen molar-refractivity contribution in [2.24, 2.45) is 34.5 Å². The Morgan fingerprint density at radius 2 is 1.81 bits per heavy atom. The molecule has 32 heavy (non-hydrogen) atoms. The van der Waals surface area contributed by atoms with E-state index in [1.165, 1.54) is 13.8 Å². The van der Waals surface area contributed by atoms with E-state index in [0.29, 0.717) is 24.2 Å². The smallest absolute Gasteiger partial charge is 0.349 e. The van der Waals surface area contributed by atoms with Gasteiger partial charge >= 0.3 is 6.18 Å². The van der Waals surface area contributed by atoms with Gasteiger partial charge in [-0.3, -0.25) is 9.59 Å². The van der Waals surface area contributed by atoms with E-state index in [-0.39, 0.29) is 34.6 Å². The molecular weight excluding hydrogens is 417 g/mol. The van der Waals surface area contributed by atoms with E-state index in [1.807, 2.05) is 0 Å². The number of hydrogen-bond acceptors (Lipinski definition) is 2. The van der Waals surface area contributed by atoms with Crippen LogP contribution >= 0.6 is 0 Å². The molecule has 0 spiro atoms. The van der Waals surface area contributed by atoms with Gasteiger partial charge in [-0.15, -0.1) is 0 Å². The molecule has 7 atom stereocenters. The van der Waals surface area contributed by atoms with E-state index in [1.54, 1.807) is 6.08 Å². The number of rotatable bonds is 3. The second kappa shape index (κ2) is 7.36. The summed E-state index contributed by atoms with van der Waals surface area (Å²) in [6.45, 7) is 10.4. The molecule has 4 rings (SSSR count). The van der Waals surface area contributed by atoms with Crippen LogP contribution < -0.4 is 10.6 Å². The Kier molecular flexibility index (Phi) is 5.37. The van der Waals surface area contributed by atoms with Crippen LogP contribution in [0.15, 0.2) is 24.3 Å². The molecule has 2 amide bonds. The van der Waals surface area contributed by atoms with Gasteiger partial charge < -0.3 is 10.6 Å². The number of alkyl halides is 3. The summed E-state index contributed by atoms with van der Waals surface area (Å²) in [7, 11) is 0. The lowest BCUT2D eigenvalue weighted by atomic mass is 9.48. The van der Waals surface area contributed by atoms with Crippen molar-refractivity contribution in [3.63, 3.8) is 0 Å². The lowest BCUT2D eigenvalue weighted by molar-refractivity contribution is -0.136. The zero-order valence-corrected chi connectivity index (χ0v) is 19.4. The maximum absolute atomic E-state index is 13.3. The highest BCUT2D eigenvalue weighted by atomic mass is 19.4. The lowest BCUT2D eigenvalue weighted by Gasteiger charge is -2.58. The van der Waals surface area contributed by atoms with E-state index in [0.717, 1.165) is 32.1 Å². The standard InChI is InChI=1S/C25H35F3N2O2/c1-14(25(26,27)28)22(2,3)30-21(32)18-8-7-16-15-6-9-19-24(5,13-11-20(31)29-19)17(15)10-12-23(16,18)4/h11,13,15-19H,1,6-10,12H2,2-5H3,(H,29,31)(H,30,32)/t15-,16-,17-,18+,19+,23-,24+/m0/s1. The Morgan fingerprint density at radius 1 is 1.12 bits per heavy atom. The molecule has 3 aliphatic carbocycles. The minimum Gasteiger partial charge on any atom is -0.349 e. The Bertz CT molecular complexity index is 864. The van der Waals surface area contributed by atoms with Gasteiger partial charge in [-0.1, -0.05) is 26.5 Å². The van der Waals surface area contributed by atoms with Gasteiger partial charge in [0.15, 0.2) is 0 Å². The van der Waals surface area contributed by atoms with Crippen molar-refractivity contribution in [2.45, 2.75) is 84.0 Å². The van der Waals surface area contributed by atoms with Crippen LogP contribution in [0.1, 0.15) is 66.2 Å². The Morgan fingerprint density at radius 3 is 2.47 bits per heavy atom. The molecule has 1 heterocycles. The number of carbonyl (C=O) groups excluding carboxylic acids is 2. The molecule has 0 aromatic carbocycles. The lowest BCUT2D eigenvalue weighted by Crippen LogP contribution is -2.60. The van der Waals surface area contributed by atoms with Gasteiger partial charge in [-0.05, 0) is 81.6 Å². The summed E-state index contributed by atoms with van der Waals surface area (Å²) in [5.41, 5.74) is -2.77. The van der Waals surface area contributed by atoms with Crippen LogP contribution in [0.2, 0.25) is 0 Å². The summed E-state index contributed by atoms with van der Waals surface area (Å²) in [5, 5.41) is 5.82. The highest BCUT2D eigenvalue weighted by Gasteiger charge is 2.61. The van der Waals surface area contributed by atoms with Gasteiger partial charge in [0.1, 0.15) is 0 Å². The third-order valence-electron chi connectivity index (χ3n) is 9.53. The van der Waals surface area contributed by atoms with Crippen LogP contribution in [0, 0.1) is 34.5 Å². The number of nitrogens with one attached hydrogen (secondary N) is 2. The van der Waals surface area contributed by atoms with Crippen LogP contribution in [0.5, 0.6) is 0 Å². The first-order valence-electron chi connectivity index (χ1n) is 11.8. The van der Waals surface area contributed by atoms with Gasteiger partial charge in [0.05, 0.1) is 11.1 Å². The molecule has 0 aromatic rings. The third-order valence-corrected chi connectivity index (χ3v) is 9.53. The van der Waals surface area contributed by atoms with E-state index in [4.69, 9.17) is 0 Å². The summed E-state index contributed by atoms with van der Waals surface area (Å²) >= 11 is 0. The second-order valence-corrected chi connectivity index (χ2v) is 11.5. The zero-order chi connectivity index (χ0) is 23.7. The molecule has 4 nitrogen and oxygen atoms in total. The molecule has 2 N–H and O–H groups in total. The van der Waals surface area contributed by atoms with Crippen molar-refractivity contribution < 1.29 is 22.8 Å². The number of hydrogen-bond donors (Lipinski definition) is 2. The first-order chi connectivity index (χ1) is 14.7. The monoisotopic (exact) mass is 452 g/mol. The highest BCUT2D eigenvalue weighted by Crippen LogP contribution is 2.65. The van der Waals surface area contributed by atoms with Crippen molar-refractivity contribution in [3.05, 3.63) is 24.3 Å². The molecule has 0 saturated heterocycles. The van der Waals surface area contributed by atoms with Crippen molar-refractivity contribution in [2.75, 3.05) is 0 Å². The predicted octanol–water partition coefficient (Wildman–Crippen LogP) is 4.91. The third kappa shape index (κ3) is 3.50. The molecule has 178 valence electrons. The maximum Gasteiger partial charge on any atom is 0.414 e. The molecule has 7 heteroatoms. The summed E-state index contributed by atoms with van der Waals surface area (Å²) in [6.07, 6.45) is 4.63. The number of carbonyl (C=O) groups is 2. The molecule has 4 aliphatic rings. The maximum atomic E-state index is 13.3. The highest BCUT2D eigenvalue weighted by molar-refractivity contribution is 5.89. The van der Waals surface area contributed by atoms with Crippen LogP contribution in [0.3, 0.4) is 0 Å². The Labute approximate surface area is 188 Å². The first-order valence-corrected chi connectivity index (χ1v) is 11.8. The van der Waals surface area contributed by atoms with E-state index in [9.17, 15) is 22.8 Å². The van der Waals surface area contributed by atoms with Gasteiger partial charge in [0, 0.05) is 17.4 Å². The van der Waals surface area contributed by atoms with Crippen molar-refractivity contribution >= 4 is 11.8 Å². The predicted molar refractivity (Wildman–Crippen MR) is 116 cm³/mol. The topological polar surface area (TPSA) is 58.2 Å². The van der Waals surface area contributed by atoms with Gasteiger partial charge in [-0.25, -0.2) is 0 Å². The number of halogens is 3. The van der Waals surface area contributed by atoms with Crippen LogP contribution in [-0.4, -0.2) is 29.6 Å². The Hall–Kier alpha value is -1.79. The second-order valence-electron chi connectivity index (χ2n) is 11.5. The molecule has 3 fully saturated rings. The molecule has 1 aliphatic heterocycles. The quantitative estimate of drug-likeness (QED) is 0.598. The summed E-state index contributed by atoms with van der Waals surface area (Å²) in [6, 6.07) is 0.153. The molecule has 3 saturated carbocycles. The van der Waals surface area contributed by atoms with Crippen LogP contribution in [-0.2, 0) is 9.59 Å². The van der Waals surface area contributed by atoms with Gasteiger partial charge in [0.2, 0.25) is 11.8 Å². The molecular formula is C25H35F3N2O2. The molecule has 0 radical (unpaired) electrons. The molecule has 0 aromatic heterocycles. The minimum absolute atomic E-state index is 0.0211. The Balaban J connectivity index is 1.53. The largest absolute Gasteiger partial charge is 0.414 e. The molecule has 0 bridgehead atoms. The summed E-state index contributed by atoms with van der Waals surface area (Å²) in [4.78, 5) is 25.1. The fourth-order valence-electron chi connectivity index (χ4n) is 7.59. The van der Waals surface area contributed by atoms with E-state index < -0.39 is 17.3 Å². The number of amides is 2.